The van der Waals surface area contributed by atoms with Crippen LogP contribution in [-0.4, -0.2) is 38.7 Å². The van der Waals surface area contributed by atoms with E-state index >= 15 is 0 Å². The summed E-state index contributed by atoms with van der Waals surface area (Å²) in [5, 5.41) is 22.0. The van der Waals surface area contributed by atoms with Crippen LogP contribution in [-0.2, 0) is 6.54 Å². The van der Waals surface area contributed by atoms with Gasteiger partial charge in [0, 0.05) is 0 Å². The number of nitrogens with zero attached hydrogens (tertiary/aromatic N) is 2. The van der Waals surface area contributed by atoms with Crippen LogP contribution in [0.15, 0.2) is 6.20 Å². The molecule has 2 N–H and O–H groups in total. The third-order valence-electron chi connectivity index (χ3n) is 3.17. The Balaban J connectivity index is 2.13. The van der Waals surface area contributed by atoms with Crippen molar-refractivity contribution in [2.75, 3.05) is 6.61 Å². The lowest BCUT2D eigenvalue weighted by atomic mass is 9.98. The maximum absolute atomic E-state index is 11.2. The van der Waals surface area contributed by atoms with Gasteiger partial charge in [0.25, 0.3) is 0 Å². The molecule has 0 aliphatic heterocycles. The van der Waals surface area contributed by atoms with E-state index < -0.39 is 5.97 Å². The van der Waals surface area contributed by atoms with E-state index in [-0.39, 0.29) is 24.9 Å². The molecule has 0 amide bonds. The summed E-state index contributed by atoms with van der Waals surface area (Å²) in [6.07, 6.45) is 6.90. The Bertz CT molecular complexity index is 410. The number of carboxylic acids is 1. The van der Waals surface area contributed by atoms with E-state index in [4.69, 9.17) is 14.9 Å². The Kier molecular flexibility index (Phi) is 4.19. The fraction of sp³-hybridized carbons (Fsp3) is 0.667. The Morgan fingerprint density at radius 3 is 2.78 bits per heavy atom. The fourth-order valence-corrected chi connectivity index (χ4v) is 2.30. The molecule has 0 bridgehead atoms. The average molecular weight is 254 g/mol. The molecule has 1 aromatic heterocycles. The summed E-state index contributed by atoms with van der Waals surface area (Å²) in [5.74, 6) is -0.769. The third-order valence-corrected chi connectivity index (χ3v) is 3.17. The van der Waals surface area contributed by atoms with Crippen molar-refractivity contribution in [1.29, 1.82) is 0 Å². The molecular formula is C12H18N2O4. The van der Waals surface area contributed by atoms with Crippen molar-refractivity contribution in [3.05, 3.63) is 11.9 Å². The zero-order chi connectivity index (χ0) is 13.0. The summed E-state index contributed by atoms with van der Waals surface area (Å²) in [5.41, 5.74) is 0.0228. The van der Waals surface area contributed by atoms with Gasteiger partial charge in [-0.1, -0.05) is 6.42 Å². The molecule has 0 spiro atoms. The first kappa shape index (κ1) is 12.9. The quantitative estimate of drug-likeness (QED) is 0.827. The Hall–Kier alpha value is -1.56. The van der Waals surface area contributed by atoms with Crippen LogP contribution in [0.5, 0.6) is 5.75 Å². The smallest absolute Gasteiger partial charge is 0.358 e. The molecule has 1 heterocycles. The molecule has 1 aliphatic carbocycles. The van der Waals surface area contributed by atoms with Gasteiger partial charge in [-0.25, -0.2) is 4.79 Å². The van der Waals surface area contributed by atoms with Crippen molar-refractivity contribution in [3.8, 4) is 5.75 Å². The highest BCUT2D eigenvalue weighted by atomic mass is 16.5. The van der Waals surface area contributed by atoms with Crippen molar-refractivity contribution in [2.45, 2.75) is 44.8 Å². The number of rotatable bonds is 5. The first-order chi connectivity index (χ1) is 8.72. The number of aromatic carboxylic acids is 1. The molecule has 0 saturated heterocycles. The monoisotopic (exact) mass is 254 g/mol. The number of hydrogen-bond donors (Lipinski definition) is 2. The summed E-state index contributed by atoms with van der Waals surface area (Å²) in [6, 6.07) is 0. The van der Waals surface area contributed by atoms with Gasteiger partial charge in [0.05, 0.1) is 25.5 Å². The largest absolute Gasteiger partial charge is 0.486 e. The SMILES string of the molecule is O=C(O)c1c(OC2CCCCC2)cnn1CCO. The maximum atomic E-state index is 11.2. The molecule has 1 aliphatic rings. The van der Waals surface area contributed by atoms with E-state index in [0.29, 0.717) is 5.75 Å². The molecule has 2 rings (SSSR count). The van der Waals surface area contributed by atoms with Crippen LogP contribution in [0.3, 0.4) is 0 Å². The van der Waals surface area contributed by atoms with Gasteiger partial charge in [-0.3, -0.25) is 4.68 Å². The Morgan fingerprint density at radius 1 is 1.44 bits per heavy atom. The Labute approximate surface area is 105 Å². The molecule has 0 atom stereocenters. The van der Waals surface area contributed by atoms with Crippen molar-refractivity contribution in [2.24, 2.45) is 0 Å². The summed E-state index contributed by atoms with van der Waals surface area (Å²) in [6.45, 7) is 0.0144. The predicted octanol–water partition coefficient (Wildman–Crippen LogP) is 1.29. The first-order valence-corrected chi connectivity index (χ1v) is 6.29. The van der Waals surface area contributed by atoms with Crippen LogP contribution in [0.25, 0.3) is 0 Å². The number of carboxylic acid groups (broad SMARTS) is 1. The lowest BCUT2D eigenvalue weighted by Gasteiger charge is -2.22. The molecule has 1 aromatic rings. The van der Waals surface area contributed by atoms with E-state index in [1.54, 1.807) is 0 Å². The topological polar surface area (TPSA) is 84.6 Å². The number of hydrogen-bond acceptors (Lipinski definition) is 4. The van der Waals surface area contributed by atoms with Gasteiger partial charge in [-0.15, -0.1) is 0 Å². The van der Waals surface area contributed by atoms with Gasteiger partial charge < -0.3 is 14.9 Å². The van der Waals surface area contributed by atoms with Gasteiger partial charge in [0.1, 0.15) is 0 Å². The van der Waals surface area contributed by atoms with E-state index in [0.717, 1.165) is 25.7 Å². The number of aliphatic hydroxyl groups is 1. The van der Waals surface area contributed by atoms with E-state index in [2.05, 4.69) is 5.10 Å². The maximum Gasteiger partial charge on any atom is 0.358 e. The minimum absolute atomic E-state index is 0.0228. The van der Waals surface area contributed by atoms with Gasteiger partial charge in [0.2, 0.25) is 0 Å². The molecule has 1 fully saturated rings. The highest BCUT2D eigenvalue weighted by Gasteiger charge is 2.22. The minimum Gasteiger partial charge on any atom is -0.486 e. The highest BCUT2D eigenvalue weighted by molar-refractivity contribution is 5.88. The lowest BCUT2D eigenvalue weighted by molar-refractivity contribution is 0.0670. The molecule has 100 valence electrons. The molecule has 18 heavy (non-hydrogen) atoms. The summed E-state index contributed by atoms with van der Waals surface area (Å²) in [7, 11) is 0. The van der Waals surface area contributed by atoms with Crippen LogP contribution in [0, 0.1) is 0 Å². The highest BCUT2D eigenvalue weighted by Crippen LogP contribution is 2.25. The average Bonchev–Trinajstić information content (AvgIpc) is 2.74. The van der Waals surface area contributed by atoms with Crippen molar-refractivity contribution in [1.82, 2.24) is 9.78 Å². The van der Waals surface area contributed by atoms with Crippen LogP contribution in [0.4, 0.5) is 0 Å². The van der Waals surface area contributed by atoms with Crippen LogP contribution >= 0.6 is 0 Å². The lowest BCUT2D eigenvalue weighted by Crippen LogP contribution is -2.21. The molecule has 1 saturated carbocycles. The molecule has 0 unspecified atom stereocenters. The van der Waals surface area contributed by atoms with Gasteiger partial charge in [0.15, 0.2) is 11.4 Å². The predicted molar refractivity (Wildman–Crippen MR) is 63.8 cm³/mol. The number of carbonyl (C=O) groups is 1. The van der Waals surface area contributed by atoms with Crippen LogP contribution in [0.2, 0.25) is 0 Å². The van der Waals surface area contributed by atoms with Crippen LogP contribution in [0.1, 0.15) is 42.6 Å². The number of aromatic nitrogens is 2. The summed E-state index contributed by atoms with van der Waals surface area (Å²) >= 11 is 0. The van der Waals surface area contributed by atoms with Gasteiger partial charge >= 0.3 is 5.97 Å². The second-order valence-electron chi connectivity index (χ2n) is 4.49. The fourth-order valence-electron chi connectivity index (χ4n) is 2.30. The van der Waals surface area contributed by atoms with Crippen molar-refractivity contribution >= 4 is 5.97 Å². The second-order valence-corrected chi connectivity index (χ2v) is 4.49. The number of aliphatic hydroxyl groups excluding tert-OH is 1. The standard InChI is InChI=1S/C12H18N2O4/c15-7-6-14-11(12(16)17)10(8-13-14)18-9-4-2-1-3-5-9/h8-9,15H,1-7H2,(H,16,17). The second kappa shape index (κ2) is 5.86. The van der Waals surface area contributed by atoms with Crippen molar-refractivity contribution in [3.63, 3.8) is 0 Å². The van der Waals surface area contributed by atoms with Gasteiger partial charge in [-0.05, 0) is 25.7 Å². The first-order valence-electron chi connectivity index (χ1n) is 6.29. The van der Waals surface area contributed by atoms with Gasteiger partial charge in [-0.2, -0.15) is 5.10 Å². The summed E-state index contributed by atoms with van der Waals surface area (Å²) in [4.78, 5) is 11.2. The normalized spacial score (nSPS) is 16.7. The molecule has 0 radical (unpaired) electrons. The number of ether oxygens (including phenoxy) is 1. The minimum atomic E-state index is -1.08. The van der Waals surface area contributed by atoms with Crippen molar-refractivity contribution < 1.29 is 19.7 Å². The molecule has 0 aromatic carbocycles. The molecular weight excluding hydrogens is 236 g/mol. The molecule has 6 heteroatoms. The molecule has 6 nitrogen and oxygen atoms in total. The van der Waals surface area contributed by atoms with E-state index in [1.165, 1.54) is 17.3 Å². The zero-order valence-electron chi connectivity index (χ0n) is 10.2. The zero-order valence-corrected chi connectivity index (χ0v) is 10.2. The van der Waals surface area contributed by atoms with Crippen LogP contribution < -0.4 is 4.74 Å². The van der Waals surface area contributed by atoms with E-state index in [1.807, 2.05) is 0 Å². The third kappa shape index (κ3) is 2.81. The van der Waals surface area contributed by atoms with E-state index in [9.17, 15) is 4.79 Å². The summed E-state index contributed by atoms with van der Waals surface area (Å²) < 4.78 is 6.99. The Morgan fingerprint density at radius 2 is 2.17 bits per heavy atom.